The fourth-order valence-electron chi connectivity index (χ4n) is 2.26. The van der Waals surface area contributed by atoms with E-state index < -0.39 is 11.7 Å². The van der Waals surface area contributed by atoms with E-state index in [1.165, 1.54) is 0 Å². The molecule has 1 aliphatic rings. The van der Waals surface area contributed by atoms with Crippen LogP contribution in [0.25, 0.3) is 0 Å². The molecule has 7 heteroatoms. The first-order valence-corrected chi connectivity index (χ1v) is 6.52. The van der Waals surface area contributed by atoms with E-state index in [0.29, 0.717) is 44.2 Å². The van der Waals surface area contributed by atoms with Crippen LogP contribution in [-0.4, -0.2) is 37.3 Å². The van der Waals surface area contributed by atoms with Gasteiger partial charge in [0, 0.05) is 18.8 Å². The number of aryl methyl sites for hydroxylation is 1. The Morgan fingerprint density at radius 2 is 2.20 bits per heavy atom. The quantitative estimate of drug-likeness (QED) is 0.924. The maximum absolute atomic E-state index is 12.8. The van der Waals surface area contributed by atoms with Crippen molar-refractivity contribution in [2.24, 2.45) is 5.73 Å². The Hall–Kier alpha value is -1.34. The number of aromatic nitrogens is 1. The highest BCUT2D eigenvalue weighted by molar-refractivity contribution is 5.44. The third-order valence-corrected chi connectivity index (χ3v) is 3.22. The molecule has 1 fully saturated rings. The van der Waals surface area contributed by atoms with Gasteiger partial charge >= 0.3 is 6.18 Å². The van der Waals surface area contributed by atoms with Crippen LogP contribution in [0.15, 0.2) is 12.1 Å². The summed E-state index contributed by atoms with van der Waals surface area (Å²) < 4.78 is 44.0. The zero-order valence-corrected chi connectivity index (χ0v) is 11.3. The number of ether oxygens (including phenoxy) is 1. The predicted octanol–water partition coefficient (Wildman–Crippen LogP) is 1.96. The van der Waals surface area contributed by atoms with Gasteiger partial charge in [-0.05, 0) is 32.0 Å². The molecule has 0 radical (unpaired) electrons. The van der Waals surface area contributed by atoms with Gasteiger partial charge in [-0.25, -0.2) is 4.98 Å². The number of hydrogen-bond acceptors (Lipinski definition) is 4. The molecule has 1 aliphatic heterocycles. The first-order valence-electron chi connectivity index (χ1n) is 6.52. The van der Waals surface area contributed by atoms with E-state index in [-0.39, 0.29) is 6.10 Å². The average molecular weight is 289 g/mol. The van der Waals surface area contributed by atoms with Gasteiger partial charge in [0.05, 0.1) is 18.3 Å². The minimum Gasteiger partial charge on any atom is -0.374 e. The molecule has 1 atom stereocenters. The number of halogens is 3. The van der Waals surface area contributed by atoms with Crippen LogP contribution in [0, 0.1) is 6.92 Å². The lowest BCUT2D eigenvalue weighted by Gasteiger charge is -2.34. The molecular weight excluding hydrogens is 271 g/mol. The summed E-state index contributed by atoms with van der Waals surface area (Å²) in [5.74, 6) is 0.350. The number of nitrogens with two attached hydrogens (primary N) is 1. The van der Waals surface area contributed by atoms with E-state index in [1.807, 2.05) is 4.90 Å². The lowest BCUT2D eigenvalue weighted by Crippen LogP contribution is -2.43. The van der Waals surface area contributed by atoms with Gasteiger partial charge in [-0.3, -0.25) is 0 Å². The van der Waals surface area contributed by atoms with Crippen molar-refractivity contribution in [2.45, 2.75) is 25.6 Å². The summed E-state index contributed by atoms with van der Waals surface area (Å²) >= 11 is 0. The summed E-state index contributed by atoms with van der Waals surface area (Å²) in [6.45, 7) is 3.59. The Balaban J connectivity index is 2.21. The molecule has 1 saturated heterocycles. The van der Waals surface area contributed by atoms with Crippen LogP contribution >= 0.6 is 0 Å². The van der Waals surface area contributed by atoms with Gasteiger partial charge in [-0.2, -0.15) is 13.2 Å². The number of hydrogen-bond donors (Lipinski definition) is 1. The van der Waals surface area contributed by atoms with Gasteiger partial charge in [0.1, 0.15) is 5.82 Å². The van der Waals surface area contributed by atoms with Gasteiger partial charge in [0.2, 0.25) is 0 Å². The van der Waals surface area contributed by atoms with Crippen LogP contribution in [-0.2, 0) is 10.9 Å². The van der Waals surface area contributed by atoms with Crippen molar-refractivity contribution >= 4 is 5.82 Å². The Bertz CT molecular complexity index is 463. The van der Waals surface area contributed by atoms with Crippen LogP contribution in [0.3, 0.4) is 0 Å². The van der Waals surface area contributed by atoms with Crippen molar-refractivity contribution in [1.29, 1.82) is 0 Å². The minimum atomic E-state index is -4.36. The lowest BCUT2D eigenvalue weighted by molar-refractivity contribution is -0.137. The molecule has 112 valence electrons. The molecule has 20 heavy (non-hydrogen) atoms. The van der Waals surface area contributed by atoms with Crippen LogP contribution in [0.4, 0.5) is 19.0 Å². The molecule has 2 rings (SSSR count). The first-order chi connectivity index (χ1) is 9.40. The van der Waals surface area contributed by atoms with E-state index in [4.69, 9.17) is 10.5 Å². The number of morpholine rings is 1. The lowest BCUT2D eigenvalue weighted by atomic mass is 10.1. The van der Waals surface area contributed by atoms with Crippen molar-refractivity contribution in [2.75, 3.05) is 31.1 Å². The van der Waals surface area contributed by atoms with Gasteiger partial charge in [0.25, 0.3) is 0 Å². The molecule has 0 spiro atoms. The third kappa shape index (κ3) is 3.61. The molecule has 1 aromatic heterocycles. The zero-order valence-electron chi connectivity index (χ0n) is 11.3. The van der Waals surface area contributed by atoms with Gasteiger partial charge < -0.3 is 15.4 Å². The maximum Gasteiger partial charge on any atom is 0.416 e. The summed E-state index contributed by atoms with van der Waals surface area (Å²) in [5.41, 5.74) is 5.18. The molecule has 2 N–H and O–H groups in total. The van der Waals surface area contributed by atoms with Crippen molar-refractivity contribution in [1.82, 2.24) is 4.98 Å². The number of anilines is 1. The Morgan fingerprint density at radius 1 is 1.45 bits per heavy atom. The Kier molecular flexibility index (Phi) is 4.49. The highest BCUT2D eigenvalue weighted by atomic mass is 19.4. The minimum absolute atomic E-state index is 0.0506. The number of pyridine rings is 1. The van der Waals surface area contributed by atoms with Crippen LogP contribution in [0.1, 0.15) is 17.7 Å². The standard InChI is InChI=1S/C13H18F3N3O/c1-9-6-10(13(14,15)16)7-12(18-9)19-4-5-20-11(8-19)2-3-17/h6-7,11H,2-5,8,17H2,1H3. The molecule has 1 aromatic rings. The molecule has 0 bridgehead atoms. The summed E-state index contributed by atoms with van der Waals surface area (Å²) in [4.78, 5) is 6.03. The van der Waals surface area contributed by atoms with Crippen LogP contribution in [0.2, 0.25) is 0 Å². The van der Waals surface area contributed by atoms with Crippen molar-refractivity contribution < 1.29 is 17.9 Å². The second kappa shape index (κ2) is 5.97. The van der Waals surface area contributed by atoms with E-state index >= 15 is 0 Å². The van der Waals surface area contributed by atoms with Gasteiger partial charge in [-0.15, -0.1) is 0 Å². The normalized spacial score (nSPS) is 20.2. The van der Waals surface area contributed by atoms with Crippen LogP contribution in [0.5, 0.6) is 0 Å². The van der Waals surface area contributed by atoms with Crippen molar-refractivity contribution in [3.63, 3.8) is 0 Å². The van der Waals surface area contributed by atoms with E-state index in [0.717, 1.165) is 12.1 Å². The van der Waals surface area contributed by atoms with Crippen molar-refractivity contribution in [3.05, 3.63) is 23.4 Å². The average Bonchev–Trinajstić information content (AvgIpc) is 2.38. The largest absolute Gasteiger partial charge is 0.416 e. The Morgan fingerprint density at radius 3 is 2.85 bits per heavy atom. The van der Waals surface area contributed by atoms with E-state index in [2.05, 4.69) is 4.98 Å². The molecule has 4 nitrogen and oxygen atoms in total. The number of alkyl halides is 3. The third-order valence-electron chi connectivity index (χ3n) is 3.22. The van der Waals surface area contributed by atoms with E-state index in [9.17, 15) is 13.2 Å². The SMILES string of the molecule is Cc1cc(C(F)(F)F)cc(N2CCOC(CCN)C2)n1. The second-order valence-corrected chi connectivity index (χ2v) is 4.87. The number of nitrogens with zero attached hydrogens (tertiary/aromatic N) is 2. The molecule has 1 unspecified atom stereocenters. The fraction of sp³-hybridized carbons (Fsp3) is 0.615. The smallest absolute Gasteiger partial charge is 0.374 e. The van der Waals surface area contributed by atoms with Gasteiger partial charge in [0.15, 0.2) is 0 Å². The highest BCUT2D eigenvalue weighted by Gasteiger charge is 2.32. The van der Waals surface area contributed by atoms with Crippen LogP contribution < -0.4 is 10.6 Å². The fourth-order valence-corrected chi connectivity index (χ4v) is 2.26. The monoisotopic (exact) mass is 289 g/mol. The Labute approximate surface area is 115 Å². The molecule has 0 aliphatic carbocycles. The van der Waals surface area contributed by atoms with Gasteiger partial charge in [-0.1, -0.05) is 0 Å². The van der Waals surface area contributed by atoms with Crippen molar-refractivity contribution in [3.8, 4) is 0 Å². The molecule has 0 amide bonds. The molecule has 0 aromatic carbocycles. The summed E-state index contributed by atoms with van der Waals surface area (Å²) in [7, 11) is 0. The maximum atomic E-state index is 12.8. The molecule has 2 heterocycles. The topological polar surface area (TPSA) is 51.4 Å². The zero-order chi connectivity index (χ0) is 14.8. The molecular formula is C13H18F3N3O. The van der Waals surface area contributed by atoms with E-state index in [1.54, 1.807) is 6.92 Å². The predicted molar refractivity (Wildman–Crippen MR) is 69.6 cm³/mol. The summed E-state index contributed by atoms with van der Waals surface area (Å²) in [5, 5.41) is 0. The second-order valence-electron chi connectivity index (χ2n) is 4.87. The first kappa shape index (κ1) is 15.1. The summed E-state index contributed by atoms with van der Waals surface area (Å²) in [6, 6.07) is 2.15. The summed E-state index contributed by atoms with van der Waals surface area (Å²) in [6.07, 6.45) is -3.72. The highest BCUT2D eigenvalue weighted by Crippen LogP contribution is 2.32. The number of rotatable bonds is 3. The molecule has 0 saturated carbocycles.